The fraction of sp³-hybridized carbons (Fsp3) is 0.182. The van der Waals surface area contributed by atoms with E-state index in [-0.39, 0.29) is 0 Å². The Bertz CT molecular complexity index is 570. The number of rotatable bonds is 1. The maximum Gasteiger partial charge on any atom is 0.146 e. The first kappa shape index (κ1) is 11.3. The smallest absolute Gasteiger partial charge is 0.146 e. The van der Waals surface area contributed by atoms with Gasteiger partial charge in [0, 0.05) is 16.5 Å². The zero-order valence-electron chi connectivity index (χ0n) is 8.84. The minimum absolute atomic E-state index is 0.455. The average Bonchev–Trinajstić information content (AvgIpc) is 2.26. The summed E-state index contributed by atoms with van der Waals surface area (Å²) in [4.78, 5) is 4.35. The molecule has 5 heteroatoms. The predicted molar refractivity (Wildman–Crippen MR) is 67.5 cm³/mol. The van der Waals surface area contributed by atoms with E-state index in [1.807, 2.05) is 0 Å². The largest absolute Gasteiger partial charge is 0.494 e. The van der Waals surface area contributed by atoms with E-state index in [2.05, 4.69) is 4.98 Å². The van der Waals surface area contributed by atoms with Gasteiger partial charge in [-0.2, -0.15) is 0 Å². The van der Waals surface area contributed by atoms with Crippen LogP contribution in [0.1, 0.15) is 5.69 Å². The van der Waals surface area contributed by atoms with Crippen LogP contribution in [0.3, 0.4) is 0 Å². The number of pyridine rings is 1. The molecule has 0 aliphatic rings. The molecule has 0 spiro atoms. The lowest BCUT2D eigenvalue weighted by atomic mass is 10.1. The van der Waals surface area contributed by atoms with E-state index in [0.717, 1.165) is 0 Å². The number of nitrogens with zero attached hydrogens (tertiary/aromatic N) is 1. The summed E-state index contributed by atoms with van der Waals surface area (Å²) in [6.45, 7) is 1.80. The fourth-order valence-corrected chi connectivity index (χ4v) is 1.93. The van der Waals surface area contributed by atoms with Gasteiger partial charge in [0.05, 0.1) is 23.5 Å². The van der Waals surface area contributed by atoms with Crippen molar-refractivity contribution in [3.8, 4) is 5.75 Å². The second-order valence-electron chi connectivity index (χ2n) is 3.43. The Morgan fingerprint density at radius 2 is 2.00 bits per heavy atom. The third-order valence-electron chi connectivity index (χ3n) is 2.38. The summed E-state index contributed by atoms with van der Waals surface area (Å²) in [5.74, 6) is 0.592. The Labute approximate surface area is 103 Å². The zero-order chi connectivity index (χ0) is 11.9. The fourth-order valence-electron chi connectivity index (χ4n) is 1.58. The summed E-state index contributed by atoms with van der Waals surface area (Å²) in [6, 6.07) is 3.43. The van der Waals surface area contributed by atoms with Gasteiger partial charge in [-0.25, -0.2) is 4.98 Å². The van der Waals surface area contributed by atoms with Crippen LogP contribution in [0.15, 0.2) is 12.1 Å². The molecular formula is C11H10Cl2N2O. The lowest BCUT2D eigenvalue weighted by Gasteiger charge is -2.10. The first-order valence-corrected chi connectivity index (χ1v) is 5.39. The molecule has 0 aliphatic carbocycles. The molecule has 2 aromatic rings. The van der Waals surface area contributed by atoms with Gasteiger partial charge in [-0.15, -0.1) is 0 Å². The molecule has 0 radical (unpaired) electrons. The minimum atomic E-state index is 0.455. The summed E-state index contributed by atoms with van der Waals surface area (Å²) >= 11 is 12.0. The second kappa shape index (κ2) is 4.00. The summed E-state index contributed by atoms with van der Waals surface area (Å²) in [5, 5.41) is 1.70. The standard InChI is InChI=1S/C11H10Cl2N2O/c1-5-9(13)10(14)7-3-6(12)4-8(16-2)11(7)15-5/h3-4H,1-2H3,(H2,14,15). The van der Waals surface area contributed by atoms with Crippen molar-refractivity contribution < 1.29 is 4.74 Å². The van der Waals surface area contributed by atoms with Crippen molar-refractivity contribution >= 4 is 39.8 Å². The molecule has 84 valence electrons. The molecule has 2 rings (SSSR count). The van der Waals surface area contributed by atoms with Gasteiger partial charge in [0.25, 0.3) is 0 Å². The summed E-state index contributed by atoms with van der Waals surface area (Å²) in [5.41, 5.74) is 7.75. The van der Waals surface area contributed by atoms with Gasteiger partial charge in [0.1, 0.15) is 11.3 Å². The van der Waals surface area contributed by atoms with Gasteiger partial charge in [-0.3, -0.25) is 0 Å². The van der Waals surface area contributed by atoms with Crippen molar-refractivity contribution in [2.24, 2.45) is 0 Å². The van der Waals surface area contributed by atoms with Crippen molar-refractivity contribution in [2.45, 2.75) is 6.92 Å². The monoisotopic (exact) mass is 256 g/mol. The van der Waals surface area contributed by atoms with E-state index in [0.29, 0.717) is 38.1 Å². The third kappa shape index (κ3) is 1.66. The number of nitrogens with two attached hydrogens (primary N) is 1. The van der Waals surface area contributed by atoms with Crippen molar-refractivity contribution in [1.82, 2.24) is 4.98 Å². The molecule has 0 saturated heterocycles. The molecule has 0 bridgehead atoms. The van der Waals surface area contributed by atoms with Crippen molar-refractivity contribution in [2.75, 3.05) is 12.8 Å². The maximum absolute atomic E-state index is 6.03. The molecule has 0 unspecified atom stereocenters. The Kier molecular flexibility index (Phi) is 2.82. The number of aryl methyl sites for hydroxylation is 1. The highest BCUT2D eigenvalue weighted by Crippen LogP contribution is 2.36. The molecule has 1 aromatic carbocycles. The van der Waals surface area contributed by atoms with Gasteiger partial charge in [-0.05, 0) is 13.0 Å². The van der Waals surface area contributed by atoms with Crippen LogP contribution in [-0.2, 0) is 0 Å². The molecule has 0 atom stereocenters. The highest BCUT2D eigenvalue weighted by molar-refractivity contribution is 6.36. The van der Waals surface area contributed by atoms with Crippen LogP contribution in [0.25, 0.3) is 10.9 Å². The number of methoxy groups -OCH3 is 1. The number of nitrogen functional groups attached to an aromatic ring is 1. The Hall–Kier alpha value is -1.19. The van der Waals surface area contributed by atoms with Crippen LogP contribution in [0.2, 0.25) is 10.0 Å². The predicted octanol–water partition coefficient (Wildman–Crippen LogP) is 3.44. The van der Waals surface area contributed by atoms with E-state index in [4.69, 9.17) is 33.7 Å². The second-order valence-corrected chi connectivity index (χ2v) is 4.24. The van der Waals surface area contributed by atoms with E-state index >= 15 is 0 Å². The van der Waals surface area contributed by atoms with Crippen LogP contribution in [-0.4, -0.2) is 12.1 Å². The normalized spacial score (nSPS) is 10.8. The lowest BCUT2D eigenvalue weighted by Crippen LogP contribution is -1.97. The van der Waals surface area contributed by atoms with E-state index in [1.54, 1.807) is 26.2 Å². The van der Waals surface area contributed by atoms with Crippen LogP contribution < -0.4 is 10.5 Å². The van der Waals surface area contributed by atoms with Crippen molar-refractivity contribution in [3.63, 3.8) is 0 Å². The molecular weight excluding hydrogens is 247 g/mol. The minimum Gasteiger partial charge on any atom is -0.494 e. The summed E-state index contributed by atoms with van der Waals surface area (Å²) in [6.07, 6.45) is 0. The van der Waals surface area contributed by atoms with Crippen molar-refractivity contribution in [1.29, 1.82) is 0 Å². The molecule has 1 heterocycles. The molecule has 1 aromatic heterocycles. The molecule has 3 nitrogen and oxygen atoms in total. The van der Waals surface area contributed by atoms with Gasteiger partial charge in [0.15, 0.2) is 0 Å². The molecule has 0 fully saturated rings. The first-order valence-electron chi connectivity index (χ1n) is 4.63. The van der Waals surface area contributed by atoms with Crippen LogP contribution in [0.4, 0.5) is 5.69 Å². The van der Waals surface area contributed by atoms with Gasteiger partial charge in [0.2, 0.25) is 0 Å². The Balaban J connectivity index is 2.94. The number of halogens is 2. The molecule has 0 amide bonds. The van der Waals surface area contributed by atoms with Gasteiger partial charge >= 0.3 is 0 Å². The van der Waals surface area contributed by atoms with Crippen LogP contribution in [0.5, 0.6) is 5.75 Å². The average molecular weight is 257 g/mol. The van der Waals surface area contributed by atoms with Gasteiger partial charge in [-0.1, -0.05) is 23.2 Å². The number of hydrogen-bond donors (Lipinski definition) is 1. The third-order valence-corrected chi connectivity index (χ3v) is 3.08. The SMILES string of the molecule is COc1cc(Cl)cc2c(N)c(Cl)c(C)nc12. The van der Waals surface area contributed by atoms with E-state index < -0.39 is 0 Å². The number of benzene rings is 1. The molecule has 0 aliphatic heterocycles. The van der Waals surface area contributed by atoms with Gasteiger partial charge < -0.3 is 10.5 Å². The van der Waals surface area contributed by atoms with Crippen LogP contribution in [0, 0.1) is 6.92 Å². The number of fused-ring (bicyclic) bond motifs is 1. The quantitative estimate of drug-likeness (QED) is 0.851. The lowest BCUT2D eigenvalue weighted by molar-refractivity contribution is 0.419. The topological polar surface area (TPSA) is 48.1 Å². The Morgan fingerprint density at radius 3 is 2.62 bits per heavy atom. The summed E-state index contributed by atoms with van der Waals surface area (Å²) < 4.78 is 5.21. The summed E-state index contributed by atoms with van der Waals surface area (Å²) in [7, 11) is 1.56. The molecule has 16 heavy (non-hydrogen) atoms. The maximum atomic E-state index is 6.03. The zero-order valence-corrected chi connectivity index (χ0v) is 10.4. The number of anilines is 1. The van der Waals surface area contributed by atoms with E-state index in [9.17, 15) is 0 Å². The number of hydrogen-bond acceptors (Lipinski definition) is 3. The van der Waals surface area contributed by atoms with E-state index in [1.165, 1.54) is 0 Å². The highest BCUT2D eigenvalue weighted by Gasteiger charge is 2.12. The first-order chi connectivity index (χ1) is 7.54. The molecule has 2 N–H and O–H groups in total. The number of ether oxygens (including phenoxy) is 1. The van der Waals surface area contributed by atoms with Crippen LogP contribution >= 0.6 is 23.2 Å². The Morgan fingerprint density at radius 1 is 1.31 bits per heavy atom. The molecule has 0 saturated carbocycles. The number of aromatic nitrogens is 1. The van der Waals surface area contributed by atoms with Crippen molar-refractivity contribution in [3.05, 3.63) is 27.9 Å². The highest BCUT2D eigenvalue weighted by atomic mass is 35.5.